The summed E-state index contributed by atoms with van der Waals surface area (Å²) < 4.78 is 1.06. The van der Waals surface area contributed by atoms with Gasteiger partial charge in [-0.1, -0.05) is 23.5 Å². The highest BCUT2D eigenvalue weighted by molar-refractivity contribution is 7.22. The molecule has 1 aromatic carbocycles. The van der Waals surface area contributed by atoms with Gasteiger partial charge in [-0.2, -0.15) is 0 Å². The van der Waals surface area contributed by atoms with Crippen molar-refractivity contribution in [2.24, 2.45) is 0 Å². The van der Waals surface area contributed by atoms with Gasteiger partial charge in [-0.05, 0) is 46.9 Å². The summed E-state index contributed by atoms with van der Waals surface area (Å²) in [5, 5.41) is 3.60. The van der Waals surface area contributed by atoms with Crippen LogP contribution < -0.4 is 10.2 Å². The second kappa shape index (κ2) is 7.93. The van der Waals surface area contributed by atoms with Gasteiger partial charge in [-0.25, -0.2) is 4.98 Å². The van der Waals surface area contributed by atoms with Crippen molar-refractivity contribution < 1.29 is 9.59 Å². The molecule has 25 heavy (non-hydrogen) atoms. The van der Waals surface area contributed by atoms with Crippen LogP contribution >= 0.6 is 11.3 Å². The highest BCUT2D eigenvalue weighted by atomic mass is 32.1. The summed E-state index contributed by atoms with van der Waals surface area (Å²) in [6.45, 7) is 8.62. The molecule has 0 saturated carbocycles. The van der Waals surface area contributed by atoms with Crippen LogP contribution in [0.15, 0.2) is 24.3 Å². The van der Waals surface area contributed by atoms with Crippen molar-refractivity contribution >= 4 is 38.5 Å². The summed E-state index contributed by atoms with van der Waals surface area (Å²) in [5.74, 6) is -0.154. The number of likely N-dealkylation sites (N-methyl/N-ethyl adjacent to an activating group) is 2. The maximum atomic E-state index is 12.6. The topological polar surface area (TPSA) is 65.5 Å². The third-order valence-corrected chi connectivity index (χ3v) is 4.52. The van der Waals surface area contributed by atoms with Gasteiger partial charge in [-0.3, -0.25) is 19.4 Å². The zero-order valence-corrected chi connectivity index (χ0v) is 16.3. The van der Waals surface area contributed by atoms with E-state index in [0.29, 0.717) is 11.7 Å². The predicted molar refractivity (Wildman–Crippen MR) is 103 cm³/mol. The summed E-state index contributed by atoms with van der Waals surface area (Å²) in [4.78, 5) is 32.6. The second-order valence-electron chi connectivity index (χ2n) is 7.07. The fourth-order valence-electron chi connectivity index (χ4n) is 2.47. The first kappa shape index (κ1) is 19.3. The van der Waals surface area contributed by atoms with Crippen LogP contribution in [-0.2, 0) is 9.59 Å². The molecule has 136 valence electrons. The van der Waals surface area contributed by atoms with Gasteiger partial charge in [-0.15, -0.1) is 0 Å². The van der Waals surface area contributed by atoms with Gasteiger partial charge in [0.25, 0.3) is 0 Å². The summed E-state index contributed by atoms with van der Waals surface area (Å²) in [7, 11) is 1.77. The lowest BCUT2D eigenvalue weighted by Gasteiger charge is -2.24. The molecule has 1 N–H and O–H groups in total. The molecule has 0 radical (unpaired) electrons. The zero-order valence-electron chi connectivity index (χ0n) is 15.5. The lowest BCUT2D eigenvalue weighted by atomic mass is 10.1. The average Bonchev–Trinajstić information content (AvgIpc) is 2.88. The van der Waals surface area contributed by atoms with Gasteiger partial charge in [0.15, 0.2) is 5.13 Å². The summed E-state index contributed by atoms with van der Waals surface area (Å²) >= 11 is 1.50. The van der Waals surface area contributed by atoms with Crippen LogP contribution in [0.25, 0.3) is 10.2 Å². The molecule has 0 saturated heterocycles. The highest BCUT2D eigenvalue weighted by Crippen LogP contribution is 2.28. The van der Waals surface area contributed by atoms with E-state index >= 15 is 0 Å². The molecule has 2 amide bonds. The molecular weight excluding hydrogens is 336 g/mol. The Kier molecular flexibility index (Phi) is 6.13. The molecule has 1 heterocycles. The number of fused-ring (bicyclic) bond motifs is 1. The van der Waals surface area contributed by atoms with E-state index in [0.717, 1.165) is 10.2 Å². The minimum Gasteiger partial charge on any atom is -0.350 e. The van der Waals surface area contributed by atoms with Crippen molar-refractivity contribution in [3.8, 4) is 0 Å². The minimum absolute atomic E-state index is 0.0624. The van der Waals surface area contributed by atoms with Gasteiger partial charge >= 0.3 is 0 Å². The number of anilines is 1. The predicted octanol–water partition coefficient (Wildman–Crippen LogP) is 2.50. The fourth-order valence-corrected chi connectivity index (χ4v) is 3.52. The first-order valence-corrected chi connectivity index (χ1v) is 9.16. The smallest absolute Gasteiger partial charge is 0.242 e. The Morgan fingerprint density at radius 2 is 1.88 bits per heavy atom. The average molecular weight is 362 g/mol. The van der Waals surface area contributed by atoms with Crippen molar-refractivity contribution in [2.75, 3.05) is 31.6 Å². The molecular formula is C18H26N4O2S. The van der Waals surface area contributed by atoms with E-state index in [2.05, 4.69) is 10.3 Å². The zero-order chi connectivity index (χ0) is 18.6. The number of benzene rings is 1. The number of amides is 2. The van der Waals surface area contributed by atoms with Crippen molar-refractivity contribution in [1.29, 1.82) is 0 Å². The van der Waals surface area contributed by atoms with Crippen LogP contribution in [0.2, 0.25) is 0 Å². The van der Waals surface area contributed by atoms with Crippen LogP contribution in [0.4, 0.5) is 5.13 Å². The van der Waals surface area contributed by atoms with Crippen molar-refractivity contribution in [3.63, 3.8) is 0 Å². The number of nitrogens with zero attached hydrogens (tertiary/aromatic N) is 3. The number of hydrogen-bond donors (Lipinski definition) is 1. The standard InChI is InChI=1S/C18H26N4O2S/c1-6-22(17-19-13-9-7-8-10-14(13)25-17)16(24)12-21(5)11-15(23)20-18(2,3)4/h7-10H,6,11-12H2,1-5H3,(H,20,23). The molecule has 0 atom stereocenters. The first-order chi connectivity index (χ1) is 11.7. The van der Waals surface area contributed by atoms with Crippen LogP contribution in [0, 0.1) is 0 Å². The molecule has 1 aromatic heterocycles. The number of hydrogen-bond acceptors (Lipinski definition) is 5. The number of aromatic nitrogens is 1. The van der Waals surface area contributed by atoms with Gasteiger partial charge in [0.05, 0.1) is 23.3 Å². The summed E-state index contributed by atoms with van der Waals surface area (Å²) in [6.07, 6.45) is 0. The number of thiazole rings is 1. The number of para-hydroxylation sites is 1. The van der Waals surface area contributed by atoms with E-state index in [9.17, 15) is 9.59 Å². The number of carbonyl (C=O) groups is 2. The van der Waals surface area contributed by atoms with Crippen LogP contribution in [0.5, 0.6) is 0 Å². The molecule has 0 bridgehead atoms. The first-order valence-electron chi connectivity index (χ1n) is 8.35. The third-order valence-electron chi connectivity index (χ3n) is 3.46. The van der Waals surface area contributed by atoms with Crippen molar-refractivity contribution in [2.45, 2.75) is 33.2 Å². The Balaban J connectivity index is 2.00. The number of rotatable bonds is 6. The largest absolute Gasteiger partial charge is 0.350 e. The Bertz CT molecular complexity index is 718. The molecule has 0 spiro atoms. The number of nitrogens with one attached hydrogen (secondary N) is 1. The molecule has 0 aliphatic carbocycles. The molecule has 0 fully saturated rings. The van der Waals surface area contributed by atoms with Gasteiger partial charge in [0.1, 0.15) is 0 Å². The molecule has 2 aromatic rings. The Morgan fingerprint density at radius 1 is 1.20 bits per heavy atom. The minimum atomic E-state index is -0.279. The summed E-state index contributed by atoms with van der Waals surface area (Å²) in [5.41, 5.74) is 0.616. The maximum Gasteiger partial charge on any atom is 0.242 e. The normalized spacial score (nSPS) is 11.8. The molecule has 7 heteroatoms. The quantitative estimate of drug-likeness (QED) is 0.857. The fraction of sp³-hybridized carbons (Fsp3) is 0.500. The van der Waals surface area contributed by atoms with Crippen LogP contribution in [-0.4, -0.2) is 53.9 Å². The van der Waals surface area contributed by atoms with Crippen molar-refractivity contribution in [3.05, 3.63) is 24.3 Å². The Morgan fingerprint density at radius 3 is 2.48 bits per heavy atom. The molecule has 0 aliphatic heterocycles. The second-order valence-corrected chi connectivity index (χ2v) is 8.08. The Hall–Kier alpha value is -1.99. The molecule has 0 unspecified atom stereocenters. The molecule has 6 nitrogen and oxygen atoms in total. The van der Waals surface area contributed by atoms with Gasteiger partial charge in [0, 0.05) is 12.1 Å². The van der Waals surface area contributed by atoms with E-state index in [1.807, 2.05) is 52.0 Å². The lowest BCUT2D eigenvalue weighted by Crippen LogP contribution is -2.47. The molecule has 0 aliphatic rings. The van der Waals surface area contributed by atoms with Crippen molar-refractivity contribution in [1.82, 2.24) is 15.2 Å². The van der Waals surface area contributed by atoms with E-state index in [-0.39, 0.29) is 30.4 Å². The highest BCUT2D eigenvalue weighted by Gasteiger charge is 2.21. The Labute approximate surface area is 152 Å². The summed E-state index contributed by atoms with van der Waals surface area (Å²) in [6, 6.07) is 7.84. The van der Waals surface area contributed by atoms with Crippen LogP contribution in [0.1, 0.15) is 27.7 Å². The van der Waals surface area contributed by atoms with E-state index in [1.165, 1.54) is 11.3 Å². The van der Waals surface area contributed by atoms with E-state index in [1.54, 1.807) is 16.8 Å². The monoisotopic (exact) mass is 362 g/mol. The lowest BCUT2D eigenvalue weighted by molar-refractivity contribution is -0.124. The van der Waals surface area contributed by atoms with Gasteiger partial charge in [0.2, 0.25) is 11.8 Å². The number of carbonyl (C=O) groups excluding carboxylic acids is 2. The van der Waals surface area contributed by atoms with Gasteiger partial charge < -0.3 is 5.32 Å². The van der Waals surface area contributed by atoms with E-state index < -0.39 is 0 Å². The van der Waals surface area contributed by atoms with E-state index in [4.69, 9.17) is 0 Å². The maximum absolute atomic E-state index is 12.6. The van der Waals surface area contributed by atoms with Crippen LogP contribution in [0.3, 0.4) is 0 Å². The molecule has 2 rings (SSSR count). The SMILES string of the molecule is CCN(C(=O)CN(C)CC(=O)NC(C)(C)C)c1nc2ccccc2s1. The third kappa shape index (κ3) is 5.51.